The Balaban J connectivity index is 3.05. The fourth-order valence-electron chi connectivity index (χ4n) is 1.70. The molecule has 0 unspecified atom stereocenters. The number of methoxy groups -OCH3 is 2. The summed E-state index contributed by atoms with van der Waals surface area (Å²) in [7, 11) is 2.37. The van der Waals surface area contributed by atoms with Gasteiger partial charge in [0.2, 0.25) is 0 Å². The van der Waals surface area contributed by atoms with Gasteiger partial charge in [-0.15, -0.1) is 0 Å². The molecule has 142 valence electrons. The second-order valence-electron chi connectivity index (χ2n) is 6.02. The van der Waals surface area contributed by atoms with E-state index in [0.717, 1.165) is 6.08 Å². The standard InChI is InChI=1S/C17H21BrN2O6/c1-17(2,3)26-16(23)19-10-6-7-11(18)12(8-10)20-13(15(22)25-5)9-14(21)24-4/h6-9,20H,1-5H3,(H,19,23)/b13-9+. The molecule has 0 aliphatic heterocycles. The van der Waals surface area contributed by atoms with Crippen LogP contribution in [0.5, 0.6) is 0 Å². The molecule has 0 aromatic heterocycles. The minimum Gasteiger partial charge on any atom is -0.466 e. The second kappa shape index (κ2) is 9.23. The van der Waals surface area contributed by atoms with Crippen LogP contribution in [0.2, 0.25) is 0 Å². The lowest BCUT2D eigenvalue weighted by atomic mass is 10.2. The SMILES string of the molecule is COC(=O)/C=C(/Nc1cc(NC(=O)OC(C)(C)C)ccc1Br)C(=O)OC. The first kappa shape index (κ1) is 21.5. The summed E-state index contributed by atoms with van der Waals surface area (Å²) in [6.45, 7) is 5.25. The number of ether oxygens (including phenoxy) is 3. The van der Waals surface area contributed by atoms with Gasteiger partial charge >= 0.3 is 18.0 Å². The van der Waals surface area contributed by atoms with E-state index >= 15 is 0 Å². The second-order valence-corrected chi connectivity index (χ2v) is 6.87. The van der Waals surface area contributed by atoms with Crippen LogP contribution in [0.4, 0.5) is 16.2 Å². The lowest BCUT2D eigenvalue weighted by Crippen LogP contribution is -2.27. The van der Waals surface area contributed by atoms with Crippen molar-refractivity contribution in [2.45, 2.75) is 26.4 Å². The molecule has 0 saturated heterocycles. The first-order chi connectivity index (χ1) is 12.1. The van der Waals surface area contributed by atoms with Crippen molar-refractivity contribution in [3.05, 3.63) is 34.4 Å². The Labute approximate surface area is 160 Å². The van der Waals surface area contributed by atoms with Gasteiger partial charge in [-0.05, 0) is 54.9 Å². The molecule has 2 N–H and O–H groups in total. The number of amides is 1. The van der Waals surface area contributed by atoms with Crippen molar-refractivity contribution >= 4 is 45.3 Å². The van der Waals surface area contributed by atoms with Gasteiger partial charge < -0.3 is 19.5 Å². The number of anilines is 2. The molecule has 1 aromatic carbocycles. The minimum atomic E-state index is -0.757. The molecule has 1 amide bonds. The summed E-state index contributed by atoms with van der Waals surface area (Å²) in [5.41, 5.74) is 0.0720. The molecule has 0 spiro atoms. The molecule has 26 heavy (non-hydrogen) atoms. The number of hydrogen-bond donors (Lipinski definition) is 2. The van der Waals surface area contributed by atoms with Crippen LogP contribution in [0, 0.1) is 0 Å². The number of benzene rings is 1. The number of hydrogen-bond acceptors (Lipinski definition) is 7. The summed E-state index contributed by atoms with van der Waals surface area (Å²) in [6.07, 6.45) is 0.343. The Hall–Kier alpha value is -2.55. The predicted molar refractivity (Wildman–Crippen MR) is 99.7 cm³/mol. The lowest BCUT2D eigenvalue weighted by Gasteiger charge is -2.20. The summed E-state index contributed by atoms with van der Waals surface area (Å²) in [5, 5.41) is 5.36. The van der Waals surface area contributed by atoms with Crippen LogP contribution >= 0.6 is 15.9 Å². The van der Waals surface area contributed by atoms with Gasteiger partial charge in [-0.25, -0.2) is 14.4 Å². The Morgan fingerprint density at radius 2 is 1.73 bits per heavy atom. The Kier molecular flexibility index (Phi) is 7.63. The summed E-state index contributed by atoms with van der Waals surface area (Å²) < 4.78 is 14.9. The zero-order valence-electron chi connectivity index (χ0n) is 15.1. The van der Waals surface area contributed by atoms with E-state index in [1.165, 1.54) is 14.2 Å². The third-order valence-electron chi connectivity index (χ3n) is 2.75. The van der Waals surface area contributed by atoms with Crippen LogP contribution in [0.25, 0.3) is 0 Å². The van der Waals surface area contributed by atoms with E-state index in [1.807, 2.05) is 0 Å². The summed E-state index contributed by atoms with van der Waals surface area (Å²) in [4.78, 5) is 35.1. The Morgan fingerprint density at radius 1 is 1.08 bits per heavy atom. The van der Waals surface area contributed by atoms with Crippen LogP contribution in [0.3, 0.4) is 0 Å². The van der Waals surface area contributed by atoms with Crippen molar-refractivity contribution < 1.29 is 28.6 Å². The van der Waals surface area contributed by atoms with Gasteiger partial charge in [0.15, 0.2) is 0 Å². The molecule has 0 aliphatic carbocycles. The third-order valence-corrected chi connectivity index (χ3v) is 3.44. The van der Waals surface area contributed by atoms with Gasteiger partial charge in [0.1, 0.15) is 11.3 Å². The fraction of sp³-hybridized carbons (Fsp3) is 0.353. The average molecular weight is 429 g/mol. The zero-order chi connectivity index (χ0) is 19.9. The largest absolute Gasteiger partial charge is 0.466 e. The molecule has 0 saturated carbocycles. The summed E-state index contributed by atoms with van der Waals surface area (Å²) in [6, 6.07) is 4.85. The van der Waals surface area contributed by atoms with E-state index in [9.17, 15) is 14.4 Å². The summed E-state index contributed by atoms with van der Waals surface area (Å²) >= 11 is 3.33. The quantitative estimate of drug-likeness (QED) is 0.420. The van der Waals surface area contributed by atoms with Crippen molar-refractivity contribution in [1.29, 1.82) is 0 Å². The zero-order valence-corrected chi connectivity index (χ0v) is 16.7. The first-order valence-corrected chi connectivity index (χ1v) is 8.29. The van der Waals surface area contributed by atoms with E-state index in [4.69, 9.17) is 4.74 Å². The number of carbonyl (C=O) groups is 3. The van der Waals surface area contributed by atoms with E-state index in [1.54, 1.807) is 39.0 Å². The Bertz CT molecular complexity index is 724. The smallest absolute Gasteiger partial charge is 0.412 e. The van der Waals surface area contributed by atoms with E-state index in [0.29, 0.717) is 15.8 Å². The minimum absolute atomic E-state index is 0.130. The van der Waals surface area contributed by atoms with Crippen molar-refractivity contribution in [3.8, 4) is 0 Å². The lowest BCUT2D eigenvalue weighted by molar-refractivity contribution is -0.138. The van der Waals surface area contributed by atoms with E-state index < -0.39 is 23.6 Å². The average Bonchev–Trinajstić information content (AvgIpc) is 2.54. The number of halogens is 1. The molecule has 0 heterocycles. The molecule has 0 aliphatic rings. The van der Waals surface area contributed by atoms with Crippen molar-refractivity contribution in [2.75, 3.05) is 24.9 Å². The van der Waals surface area contributed by atoms with Gasteiger partial charge in [0, 0.05) is 10.2 Å². The highest BCUT2D eigenvalue weighted by Crippen LogP contribution is 2.27. The van der Waals surface area contributed by atoms with Crippen LogP contribution in [0.1, 0.15) is 20.8 Å². The molecule has 1 rings (SSSR count). The van der Waals surface area contributed by atoms with Crippen LogP contribution in [-0.4, -0.2) is 37.9 Å². The maximum atomic E-state index is 11.9. The fourth-order valence-corrected chi connectivity index (χ4v) is 2.04. The number of rotatable bonds is 5. The molecule has 8 nitrogen and oxygen atoms in total. The topological polar surface area (TPSA) is 103 Å². The van der Waals surface area contributed by atoms with Gasteiger partial charge in [0.05, 0.1) is 26.0 Å². The van der Waals surface area contributed by atoms with Gasteiger partial charge in [0.25, 0.3) is 0 Å². The molecular formula is C17H21BrN2O6. The number of esters is 2. The Morgan fingerprint density at radius 3 is 2.27 bits per heavy atom. The van der Waals surface area contributed by atoms with Crippen molar-refractivity contribution in [3.63, 3.8) is 0 Å². The molecule has 0 radical (unpaired) electrons. The molecule has 0 atom stereocenters. The van der Waals surface area contributed by atoms with Gasteiger partial charge in [-0.3, -0.25) is 5.32 Å². The molecular weight excluding hydrogens is 408 g/mol. The maximum Gasteiger partial charge on any atom is 0.412 e. The van der Waals surface area contributed by atoms with E-state index in [-0.39, 0.29) is 5.70 Å². The molecule has 9 heteroatoms. The normalized spacial score (nSPS) is 11.4. The van der Waals surface area contributed by atoms with Crippen molar-refractivity contribution in [1.82, 2.24) is 0 Å². The van der Waals surface area contributed by atoms with Crippen LogP contribution in [-0.2, 0) is 23.8 Å². The summed E-state index contributed by atoms with van der Waals surface area (Å²) in [5.74, 6) is -1.48. The highest BCUT2D eigenvalue weighted by molar-refractivity contribution is 9.10. The van der Waals surface area contributed by atoms with Gasteiger partial charge in [-0.1, -0.05) is 0 Å². The molecule has 1 aromatic rings. The van der Waals surface area contributed by atoms with Crippen LogP contribution < -0.4 is 10.6 Å². The number of carbonyl (C=O) groups excluding carboxylic acids is 3. The molecule has 0 fully saturated rings. The first-order valence-electron chi connectivity index (χ1n) is 7.50. The van der Waals surface area contributed by atoms with E-state index in [2.05, 4.69) is 36.0 Å². The predicted octanol–water partition coefficient (Wildman–Crippen LogP) is 3.44. The van der Waals surface area contributed by atoms with Gasteiger partial charge in [-0.2, -0.15) is 0 Å². The monoisotopic (exact) mass is 428 g/mol. The highest BCUT2D eigenvalue weighted by Gasteiger charge is 2.18. The molecule has 0 bridgehead atoms. The van der Waals surface area contributed by atoms with Crippen molar-refractivity contribution in [2.24, 2.45) is 0 Å². The third kappa shape index (κ3) is 7.14. The number of nitrogens with one attached hydrogen (secondary N) is 2. The highest BCUT2D eigenvalue weighted by atomic mass is 79.9. The maximum absolute atomic E-state index is 11.9. The van der Waals surface area contributed by atoms with Crippen LogP contribution in [0.15, 0.2) is 34.4 Å².